The van der Waals surface area contributed by atoms with Crippen molar-refractivity contribution in [1.82, 2.24) is 4.98 Å². The summed E-state index contributed by atoms with van der Waals surface area (Å²) in [4.78, 5) is 24.5. The first-order valence-electron chi connectivity index (χ1n) is 5.03. The molecule has 0 aliphatic carbocycles. The number of hydrogen-bond donors (Lipinski definition) is 1. The minimum atomic E-state index is -5.08. The second-order valence-corrected chi connectivity index (χ2v) is 3.26. The van der Waals surface area contributed by atoms with E-state index in [9.17, 15) is 27.2 Å². The van der Waals surface area contributed by atoms with E-state index in [4.69, 9.17) is 0 Å². The Bertz CT molecular complexity index is 523. The SMILES string of the molecule is CCOC(=O)c1cc(OC(F)(F)F)c(CF)[nH]c1=O. The number of halogens is 4. The summed E-state index contributed by atoms with van der Waals surface area (Å²) in [7, 11) is 0. The number of pyridine rings is 1. The Kier molecular flexibility index (Phi) is 4.52. The van der Waals surface area contributed by atoms with Crippen LogP contribution in [-0.2, 0) is 11.4 Å². The molecule has 0 atom stereocenters. The van der Waals surface area contributed by atoms with Crippen molar-refractivity contribution in [3.8, 4) is 5.75 Å². The Hall–Kier alpha value is -2.06. The molecule has 0 aromatic carbocycles. The number of carbonyl (C=O) groups excluding carboxylic acids is 1. The molecule has 5 nitrogen and oxygen atoms in total. The van der Waals surface area contributed by atoms with Gasteiger partial charge in [0, 0.05) is 6.07 Å². The van der Waals surface area contributed by atoms with Gasteiger partial charge in [0.1, 0.15) is 12.2 Å². The maximum absolute atomic E-state index is 12.5. The summed E-state index contributed by atoms with van der Waals surface area (Å²) in [6.07, 6.45) is -5.08. The molecule has 0 aliphatic heterocycles. The predicted octanol–water partition coefficient (Wildman–Crippen LogP) is 1.92. The number of aromatic amines is 1. The lowest BCUT2D eigenvalue weighted by molar-refractivity contribution is -0.275. The van der Waals surface area contributed by atoms with Gasteiger partial charge < -0.3 is 14.5 Å². The number of alkyl halides is 4. The Labute approximate surface area is 104 Å². The lowest BCUT2D eigenvalue weighted by Gasteiger charge is -2.12. The van der Waals surface area contributed by atoms with Crippen molar-refractivity contribution in [1.29, 1.82) is 0 Å². The molecule has 0 spiro atoms. The van der Waals surface area contributed by atoms with Gasteiger partial charge in [-0.15, -0.1) is 13.2 Å². The van der Waals surface area contributed by atoms with Gasteiger partial charge in [0.25, 0.3) is 5.56 Å². The average Bonchev–Trinajstić information content (AvgIpc) is 2.29. The molecule has 9 heteroatoms. The van der Waals surface area contributed by atoms with E-state index in [0.29, 0.717) is 6.07 Å². The van der Waals surface area contributed by atoms with Gasteiger partial charge in [0.05, 0.1) is 12.3 Å². The summed E-state index contributed by atoms with van der Waals surface area (Å²) in [6.45, 7) is -0.00248. The molecule has 0 radical (unpaired) electrons. The van der Waals surface area contributed by atoms with E-state index in [1.165, 1.54) is 6.92 Å². The maximum atomic E-state index is 12.5. The third-order valence-electron chi connectivity index (χ3n) is 1.94. The third-order valence-corrected chi connectivity index (χ3v) is 1.94. The molecule has 0 fully saturated rings. The molecule has 1 N–H and O–H groups in total. The number of aromatic nitrogens is 1. The van der Waals surface area contributed by atoms with Crippen molar-refractivity contribution in [2.24, 2.45) is 0 Å². The van der Waals surface area contributed by atoms with E-state index in [1.54, 1.807) is 4.98 Å². The number of hydrogen-bond acceptors (Lipinski definition) is 4. The fraction of sp³-hybridized carbons (Fsp3) is 0.400. The van der Waals surface area contributed by atoms with Crippen LogP contribution in [0.4, 0.5) is 17.6 Å². The van der Waals surface area contributed by atoms with Crippen molar-refractivity contribution >= 4 is 5.97 Å². The second-order valence-electron chi connectivity index (χ2n) is 3.26. The van der Waals surface area contributed by atoms with Gasteiger partial charge in [0.15, 0.2) is 5.75 Å². The average molecular weight is 283 g/mol. The maximum Gasteiger partial charge on any atom is 0.573 e. The molecule has 0 saturated heterocycles. The molecule has 0 unspecified atom stereocenters. The predicted molar refractivity (Wildman–Crippen MR) is 54.5 cm³/mol. The fourth-order valence-electron chi connectivity index (χ4n) is 1.23. The first-order valence-corrected chi connectivity index (χ1v) is 5.03. The van der Waals surface area contributed by atoms with Crippen LogP contribution in [0.25, 0.3) is 0 Å². The van der Waals surface area contributed by atoms with Crippen LogP contribution in [0.2, 0.25) is 0 Å². The zero-order chi connectivity index (χ0) is 14.6. The van der Waals surface area contributed by atoms with Gasteiger partial charge in [-0.3, -0.25) is 4.79 Å². The third kappa shape index (κ3) is 3.97. The van der Waals surface area contributed by atoms with Gasteiger partial charge in [-0.1, -0.05) is 0 Å². The van der Waals surface area contributed by atoms with Crippen LogP contribution in [0.1, 0.15) is 23.0 Å². The number of ether oxygens (including phenoxy) is 2. The van der Waals surface area contributed by atoms with E-state index < -0.39 is 41.6 Å². The highest BCUT2D eigenvalue weighted by atomic mass is 19.4. The second kappa shape index (κ2) is 5.72. The summed E-state index contributed by atoms with van der Waals surface area (Å²) >= 11 is 0. The summed E-state index contributed by atoms with van der Waals surface area (Å²) in [5.74, 6) is -2.11. The van der Waals surface area contributed by atoms with Gasteiger partial charge >= 0.3 is 12.3 Å². The Morgan fingerprint density at radius 1 is 1.42 bits per heavy atom. The van der Waals surface area contributed by atoms with Gasteiger partial charge in [-0.2, -0.15) is 0 Å². The van der Waals surface area contributed by atoms with Crippen LogP contribution in [0.15, 0.2) is 10.9 Å². The highest BCUT2D eigenvalue weighted by Gasteiger charge is 2.33. The normalized spacial score (nSPS) is 11.2. The van der Waals surface area contributed by atoms with Crippen LogP contribution >= 0.6 is 0 Å². The molecule has 1 heterocycles. The topological polar surface area (TPSA) is 68.4 Å². The molecule has 0 amide bonds. The molecule has 0 bridgehead atoms. The molecule has 1 aromatic rings. The van der Waals surface area contributed by atoms with Gasteiger partial charge in [-0.05, 0) is 6.92 Å². The number of rotatable bonds is 4. The highest BCUT2D eigenvalue weighted by molar-refractivity contribution is 5.89. The lowest BCUT2D eigenvalue weighted by Crippen LogP contribution is -2.24. The van der Waals surface area contributed by atoms with Crippen LogP contribution in [0, 0.1) is 0 Å². The van der Waals surface area contributed by atoms with E-state index >= 15 is 0 Å². The largest absolute Gasteiger partial charge is 0.573 e. The highest BCUT2D eigenvalue weighted by Crippen LogP contribution is 2.25. The molecular weight excluding hydrogens is 274 g/mol. The first-order chi connectivity index (χ1) is 8.78. The minimum Gasteiger partial charge on any atom is -0.462 e. The Morgan fingerprint density at radius 2 is 2.05 bits per heavy atom. The van der Waals surface area contributed by atoms with Crippen LogP contribution in [0.5, 0.6) is 5.75 Å². The van der Waals surface area contributed by atoms with E-state index in [0.717, 1.165) is 0 Å². The molecular formula is C10H9F4NO4. The first kappa shape index (κ1) is 15.0. The molecule has 0 saturated carbocycles. The smallest absolute Gasteiger partial charge is 0.462 e. The van der Waals surface area contributed by atoms with Crippen molar-refractivity contribution < 1.29 is 31.8 Å². The molecule has 0 aliphatic rings. The summed E-state index contributed by atoms with van der Waals surface area (Å²) in [6, 6.07) is 0.499. The number of esters is 1. The fourth-order valence-corrected chi connectivity index (χ4v) is 1.23. The van der Waals surface area contributed by atoms with E-state index in [2.05, 4.69) is 9.47 Å². The van der Waals surface area contributed by atoms with Crippen LogP contribution in [-0.4, -0.2) is 23.9 Å². The van der Waals surface area contributed by atoms with E-state index in [-0.39, 0.29) is 6.61 Å². The van der Waals surface area contributed by atoms with Gasteiger partial charge in [0.2, 0.25) is 0 Å². The van der Waals surface area contributed by atoms with Crippen molar-refractivity contribution in [2.45, 2.75) is 20.0 Å². The summed E-state index contributed by atoms with van der Waals surface area (Å²) in [5.41, 5.74) is -2.46. The Balaban J connectivity index is 3.25. The van der Waals surface area contributed by atoms with Crippen LogP contribution in [0.3, 0.4) is 0 Å². The Morgan fingerprint density at radius 3 is 2.53 bits per heavy atom. The van der Waals surface area contributed by atoms with Crippen LogP contribution < -0.4 is 10.3 Å². The monoisotopic (exact) mass is 283 g/mol. The van der Waals surface area contributed by atoms with Crippen molar-refractivity contribution in [2.75, 3.05) is 6.61 Å². The quantitative estimate of drug-likeness (QED) is 0.677. The zero-order valence-corrected chi connectivity index (χ0v) is 9.64. The lowest BCUT2D eigenvalue weighted by atomic mass is 10.2. The number of nitrogens with one attached hydrogen (secondary N) is 1. The van der Waals surface area contributed by atoms with Crippen molar-refractivity contribution in [3.05, 3.63) is 27.7 Å². The summed E-state index contributed by atoms with van der Waals surface area (Å²) in [5, 5.41) is 0. The minimum absolute atomic E-state index is 0.0708. The molecule has 1 aromatic heterocycles. The molecule has 106 valence electrons. The molecule has 19 heavy (non-hydrogen) atoms. The standard InChI is InChI=1S/C10H9F4NO4/c1-2-18-9(17)5-3-7(19-10(12,13)14)6(4-11)15-8(5)16/h3H,2,4H2,1H3,(H,15,16). The van der Waals surface area contributed by atoms with Crippen molar-refractivity contribution in [3.63, 3.8) is 0 Å². The summed E-state index contributed by atoms with van der Waals surface area (Å²) < 4.78 is 56.8. The van der Waals surface area contributed by atoms with Gasteiger partial charge in [-0.25, -0.2) is 9.18 Å². The van der Waals surface area contributed by atoms with E-state index in [1.807, 2.05) is 0 Å². The molecule has 1 rings (SSSR count). The number of H-pyrrole nitrogens is 1. The zero-order valence-electron chi connectivity index (χ0n) is 9.64. The number of carbonyl (C=O) groups is 1.